The van der Waals surface area contributed by atoms with Crippen molar-refractivity contribution >= 4 is 17.7 Å². The van der Waals surface area contributed by atoms with Gasteiger partial charge in [-0.1, -0.05) is 32.4 Å². The fraction of sp³-hybridized carbons (Fsp3) is 0.467. The smallest absolute Gasteiger partial charge is 0.548 e. The topological polar surface area (TPSA) is 81.3 Å². The van der Waals surface area contributed by atoms with Gasteiger partial charge >= 0.3 is 57.4 Å². The Bertz CT molecular complexity index is 506. The molecular weight excluding hydrogens is 295 g/mol. The molecule has 110 valence electrons. The zero-order valence-corrected chi connectivity index (χ0v) is 16.4. The molecule has 21 heavy (non-hydrogen) atoms. The van der Waals surface area contributed by atoms with E-state index in [1.165, 1.54) is 0 Å². The first kappa shape index (κ1) is 20.6. The van der Waals surface area contributed by atoms with E-state index >= 15 is 0 Å². The number of carboxylic acids is 1. The van der Waals surface area contributed by atoms with E-state index in [1.807, 2.05) is 39.0 Å². The van der Waals surface area contributed by atoms with Crippen LogP contribution in [0.1, 0.15) is 31.4 Å². The average Bonchev–Trinajstić information content (AvgIpc) is 2.39. The Morgan fingerprint density at radius 1 is 1.29 bits per heavy atom. The van der Waals surface area contributed by atoms with Gasteiger partial charge in [0.25, 0.3) is 0 Å². The molecule has 6 heteroatoms. The summed E-state index contributed by atoms with van der Waals surface area (Å²) in [7, 11) is 0. The second-order valence-corrected chi connectivity index (χ2v) is 5.10. The number of rotatable bonds is 5. The van der Waals surface area contributed by atoms with Crippen LogP contribution in [0.15, 0.2) is 18.2 Å². The van der Waals surface area contributed by atoms with E-state index in [0.29, 0.717) is 12.1 Å². The molecule has 1 rings (SSSR count). The molecule has 0 radical (unpaired) electrons. The van der Waals surface area contributed by atoms with E-state index in [2.05, 4.69) is 10.6 Å². The number of carbonyl (C=O) groups excluding carboxylic acids is 2. The first-order chi connectivity index (χ1) is 9.35. The molecule has 0 heterocycles. The summed E-state index contributed by atoms with van der Waals surface area (Å²) >= 11 is 0. The minimum Gasteiger partial charge on any atom is -0.548 e. The molecule has 5 nitrogen and oxygen atoms in total. The van der Waals surface area contributed by atoms with Gasteiger partial charge in [0, 0.05) is 5.69 Å². The normalized spacial score (nSPS) is 12.8. The Morgan fingerprint density at radius 3 is 2.43 bits per heavy atom. The largest absolute Gasteiger partial charge is 1.00 e. The van der Waals surface area contributed by atoms with Crippen molar-refractivity contribution in [3.63, 3.8) is 0 Å². The first-order valence-corrected chi connectivity index (χ1v) is 6.70. The maximum Gasteiger partial charge on any atom is 1.00 e. The first-order valence-electron chi connectivity index (χ1n) is 6.70. The van der Waals surface area contributed by atoms with Crippen molar-refractivity contribution in [3.8, 4) is 0 Å². The summed E-state index contributed by atoms with van der Waals surface area (Å²) in [6.45, 7) is 7.43. The standard InChI is InChI=1S/C15H22N2O3.K/c1-5-10(3)13(14(18)19)17-15(20)16-12-8-9(2)6-7-11(12)4;/h6-8,10,13H,5H2,1-4H3,(H,18,19)(H2,16,17,20);/q;+1/p-1. The summed E-state index contributed by atoms with van der Waals surface area (Å²) in [5.41, 5.74) is 2.60. The number of nitrogens with one attached hydrogen (secondary N) is 2. The summed E-state index contributed by atoms with van der Waals surface area (Å²) in [5.74, 6) is -1.46. The number of urea groups is 1. The Labute approximate surface area is 168 Å². The van der Waals surface area contributed by atoms with Gasteiger partial charge in [0.1, 0.15) is 0 Å². The Hall–Kier alpha value is -0.404. The molecular formula is C15H21KN2O3. The van der Waals surface area contributed by atoms with Crippen molar-refractivity contribution in [1.82, 2.24) is 5.32 Å². The average molecular weight is 316 g/mol. The third kappa shape index (κ3) is 6.48. The van der Waals surface area contributed by atoms with Crippen LogP contribution in [0.5, 0.6) is 0 Å². The summed E-state index contributed by atoms with van der Waals surface area (Å²) in [5, 5.41) is 16.2. The van der Waals surface area contributed by atoms with Crippen molar-refractivity contribution in [1.29, 1.82) is 0 Å². The predicted molar refractivity (Wildman–Crippen MR) is 76.3 cm³/mol. The molecule has 1 aromatic carbocycles. The third-order valence-electron chi connectivity index (χ3n) is 3.39. The number of aryl methyl sites for hydroxylation is 2. The molecule has 0 saturated carbocycles. The Kier molecular flexibility index (Phi) is 9.40. The summed E-state index contributed by atoms with van der Waals surface area (Å²) in [4.78, 5) is 23.0. The molecule has 0 aliphatic heterocycles. The minimum absolute atomic E-state index is 0. The zero-order valence-electron chi connectivity index (χ0n) is 13.3. The van der Waals surface area contributed by atoms with Gasteiger partial charge in [0.2, 0.25) is 0 Å². The van der Waals surface area contributed by atoms with Crippen molar-refractivity contribution in [3.05, 3.63) is 29.3 Å². The quantitative estimate of drug-likeness (QED) is 0.655. The van der Waals surface area contributed by atoms with Crippen molar-refractivity contribution in [2.75, 3.05) is 5.32 Å². The minimum atomic E-state index is -1.27. The van der Waals surface area contributed by atoms with Crippen molar-refractivity contribution in [2.24, 2.45) is 5.92 Å². The van der Waals surface area contributed by atoms with Crippen LogP contribution in [-0.2, 0) is 4.79 Å². The number of carboxylic acid groups (broad SMARTS) is 1. The molecule has 0 fully saturated rings. The van der Waals surface area contributed by atoms with Crippen LogP contribution in [0.2, 0.25) is 0 Å². The van der Waals surface area contributed by atoms with Gasteiger partial charge in [-0.3, -0.25) is 0 Å². The van der Waals surface area contributed by atoms with E-state index in [4.69, 9.17) is 0 Å². The Balaban J connectivity index is 0.00000400. The van der Waals surface area contributed by atoms with E-state index in [0.717, 1.165) is 11.1 Å². The fourth-order valence-corrected chi connectivity index (χ4v) is 1.84. The molecule has 0 saturated heterocycles. The van der Waals surface area contributed by atoms with Crippen LogP contribution < -0.4 is 67.1 Å². The van der Waals surface area contributed by atoms with Gasteiger partial charge in [-0.15, -0.1) is 0 Å². The second kappa shape index (κ2) is 9.58. The molecule has 0 aliphatic rings. The molecule has 2 atom stereocenters. The van der Waals surface area contributed by atoms with Gasteiger partial charge in [-0.05, 0) is 37.0 Å². The number of anilines is 1. The SMILES string of the molecule is CCC(C)C(NC(=O)Nc1cc(C)ccc1C)C(=O)[O-].[K+]. The van der Waals surface area contributed by atoms with Gasteiger partial charge in [-0.2, -0.15) is 0 Å². The number of benzene rings is 1. The summed E-state index contributed by atoms with van der Waals surface area (Å²) in [6.07, 6.45) is 0.641. The van der Waals surface area contributed by atoms with E-state index in [1.54, 1.807) is 6.92 Å². The second-order valence-electron chi connectivity index (χ2n) is 5.10. The zero-order chi connectivity index (χ0) is 15.3. The Morgan fingerprint density at radius 2 is 1.90 bits per heavy atom. The van der Waals surface area contributed by atoms with Crippen molar-refractivity contribution < 1.29 is 66.1 Å². The monoisotopic (exact) mass is 316 g/mol. The third-order valence-corrected chi connectivity index (χ3v) is 3.39. The summed E-state index contributed by atoms with van der Waals surface area (Å²) < 4.78 is 0. The number of hydrogen-bond acceptors (Lipinski definition) is 3. The van der Waals surface area contributed by atoms with Crippen LogP contribution >= 0.6 is 0 Å². The van der Waals surface area contributed by atoms with Gasteiger partial charge in [0.15, 0.2) is 0 Å². The van der Waals surface area contributed by atoms with E-state index < -0.39 is 18.0 Å². The summed E-state index contributed by atoms with van der Waals surface area (Å²) in [6, 6.07) is 4.15. The predicted octanol–water partition coefficient (Wildman–Crippen LogP) is -1.41. The number of amides is 2. The van der Waals surface area contributed by atoms with Gasteiger partial charge in [0.05, 0.1) is 12.0 Å². The van der Waals surface area contributed by atoms with Crippen LogP contribution in [0.25, 0.3) is 0 Å². The molecule has 2 unspecified atom stereocenters. The number of carbonyl (C=O) groups is 2. The van der Waals surface area contributed by atoms with Gasteiger partial charge in [-0.25, -0.2) is 4.79 Å². The number of hydrogen-bond donors (Lipinski definition) is 2. The molecule has 2 amide bonds. The number of aliphatic carboxylic acids is 1. The van der Waals surface area contributed by atoms with Gasteiger partial charge < -0.3 is 20.5 Å². The molecule has 0 spiro atoms. The molecule has 1 aromatic rings. The molecule has 0 aliphatic carbocycles. The van der Waals surface area contributed by atoms with Crippen LogP contribution in [0, 0.1) is 19.8 Å². The van der Waals surface area contributed by atoms with Crippen molar-refractivity contribution in [2.45, 2.75) is 40.2 Å². The van der Waals surface area contributed by atoms with E-state index in [9.17, 15) is 14.7 Å². The maximum absolute atomic E-state index is 11.9. The molecule has 0 aromatic heterocycles. The molecule has 2 N–H and O–H groups in total. The van der Waals surface area contributed by atoms with Crippen LogP contribution in [-0.4, -0.2) is 18.0 Å². The van der Waals surface area contributed by atoms with Crippen LogP contribution in [0.3, 0.4) is 0 Å². The van der Waals surface area contributed by atoms with E-state index in [-0.39, 0.29) is 57.3 Å². The fourth-order valence-electron chi connectivity index (χ4n) is 1.84. The molecule has 0 bridgehead atoms. The van der Waals surface area contributed by atoms with Crippen LogP contribution in [0.4, 0.5) is 10.5 Å². The maximum atomic E-state index is 11.9.